The fourth-order valence-corrected chi connectivity index (χ4v) is 4.30. The van der Waals surface area contributed by atoms with Gasteiger partial charge in [-0.2, -0.15) is 0 Å². The predicted octanol–water partition coefficient (Wildman–Crippen LogP) is 2.51. The van der Waals surface area contributed by atoms with Gasteiger partial charge in [-0.25, -0.2) is 4.98 Å². The van der Waals surface area contributed by atoms with E-state index in [1.165, 1.54) is 11.8 Å². The molecule has 2 atom stereocenters. The number of rotatable bonds is 5. The lowest BCUT2D eigenvalue weighted by Gasteiger charge is -2.24. The van der Waals surface area contributed by atoms with Gasteiger partial charge in [-0.3, -0.25) is 9.59 Å². The molecule has 1 aromatic rings. The topological polar surface area (TPSA) is 74.3 Å². The number of piperidine rings is 1. The lowest BCUT2D eigenvalue weighted by atomic mass is 10.1. The number of pyridine rings is 1. The number of nitrogens with zero attached hydrogens (tertiary/aromatic N) is 2. The number of carbonyl (C=O) groups excluding carboxylic acids is 2. The van der Waals surface area contributed by atoms with Crippen LogP contribution >= 0.6 is 36.6 Å². The highest BCUT2D eigenvalue weighted by atomic mass is 35.5. The Morgan fingerprint density at radius 2 is 2.04 bits per heavy atom. The van der Waals surface area contributed by atoms with Crippen LogP contribution in [0.25, 0.3) is 0 Å². The Morgan fingerprint density at radius 1 is 1.30 bits per heavy atom. The summed E-state index contributed by atoms with van der Waals surface area (Å²) in [6.45, 7) is 5.39. The first kappa shape index (κ1) is 24.0. The second-order valence-electron chi connectivity index (χ2n) is 6.67. The van der Waals surface area contributed by atoms with E-state index in [0.717, 1.165) is 51.9 Å². The van der Waals surface area contributed by atoms with Gasteiger partial charge >= 0.3 is 0 Å². The maximum absolute atomic E-state index is 12.7. The normalized spacial score (nSPS) is 20.2. The van der Waals surface area contributed by atoms with E-state index in [1.807, 2.05) is 11.8 Å². The van der Waals surface area contributed by atoms with Crippen LogP contribution in [0.4, 0.5) is 0 Å². The number of hydrogen-bond donors (Lipinski definition) is 2. The number of nitrogens with one attached hydrogen (secondary N) is 2. The first-order chi connectivity index (χ1) is 12.1. The molecule has 0 bridgehead atoms. The molecular weight excluding hydrogens is 407 g/mol. The van der Waals surface area contributed by atoms with E-state index in [0.29, 0.717) is 10.6 Å². The minimum atomic E-state index is -0.240. The van der Waals surface area contributed by atoms with Crippen molar-refractivity contribution in [1.29, 1.82) is 0 Å². The number of carbonyl (C=O) groups is 2. The molecule has 1 aromatic heterocycles. The third-order valence-corrected chi connectivity index (χ3v) is 5.81. The molecule has 2 fully saturated rings. The molecule has 2 N–H and O–H groups in total. The predicted molar refractivity (Wildman–Crippen MR) is 113 cm³/mol. The van der Waals surface area contributed by atoms with Gasteiger partial charge < -0.3 is 15.5 Å². The summed E-state index contributed by atoms with van der Waals surface area (Å²) in [5.74, 6) is 0.0288. The molecule has 2 amide bonds. The van der Waals surface area contributed by atoms with Gasteiger partial charge in [0.2, 0.25) is 5.91 Å². The molecule has 3 rings (SSSR count). The largest absolute Gasteiger partial charge is 0.348 e. The second kappa shape index (κ2) is 11.7. The number of likely N-dealkylation sites (tertiary alicyclic amines) is 1. The van der Waals surface area contributed by atoms with Crippen LogP contribution in [-0.2, 0) is 4.79 Å². The van der Waals surface area contributed by atoms with Crippen LogP contribution in [0.5, 0.6) is 0 Å². The summed E-state index contributed by atoms with van der Waals surface area (Å²) >= 11 is 1.38. The Labute approximate surface area is 177 Å². The summed E-state index contributed by atoms with van der Waals surface area (Å²) in [6, 6.07) is 3.71. The Hall–Kier alpha value is -1.02. The fraction of sp³-hybridized carbons (Fsp3) is 0.611. The highest BCUT2D eigenvalue weighted by Crippen LogP contribution is 2.27. The third kappa shape index (κ3) is 6.52. The molecule has 6 nitrogen and oxygen atoms in total. The zero-order valence-corrected chi connectivity index (χ0v) is 17.9. The first-order valence-electron chi connectivity index (χ1n) is 9.07. The van der Waals surface area contributed by atoms with Crippen LogP contribution in [0.15, 0.2) is 23.4 Å². The number of aromatic nitrogens is 1. The van der Waals surface area contributed by atoms with Crippen LogP contribution in [0.3, 0.4) is 0 Å². The zero-order valence-electron chi connectivity index (χ0n) is 15.5. The molecule has 27 heavy (non-hydrogen) atoms. The summed E-state index contributed by atoms with van der Waals surface area (Å²) in [5, 5.41) is 6.77. The second-order valence-corrected chi connectivity index (χ2v) is 7.99. The summed E-state index contributed by atoms with van der Waals surface area (Å²) in [4.78, 5) is 31.4. The Balaban J connectivity index is 0.00000182. The van der Waals surface area contributed by atoms with Crippen molar-refractivity contribution in [2.45, 2.75) is 48.9 Å². The van der Waals surface area contributed by atoms with Gasteiger partial charge in [-0.05, 0) is 51.3 Å². The van der Waals surface area contributed by atoms with Crippen LogP contribution < -0.4 is 10.6 Å². The number of halogens is 2. The Bertz CT molecular complexity index is 623. The standard InChI is InChI=1S/C18H26N4O2S.2ClH/c1-13(18(24)22-10-2-3-11-22)25-17-15(7-5-9-20-17)16(23)21-14-6-4-8-19-12-14;;/h5,7,9,13-14,19H,2-4,6,8,10-12H2,1H3,(H,21,23);2*1H. The molecule has 2 aliphatic rings. The average molecular weight is 435 g/mol. The van der Waals surface area contributed by atoms with Gasteiger partial charge in [0.25, 0.3) is 5.91 Å². The van der Waals surface area contributed by atoms with Crippen molar-refractivity contribution < 1.29 is 9.59 Å². The van der Waals surface area contributed by atoms with Crippen molar-refractivity contribution in [1.82, 2.24) is 20.5 Å². The quantitative estimate of drug-likeness (QED) is 0.696. The summed E-state index contributed by atoms with van der Waals surface area (Å²) in [5.41, 5.74) is 0.555. The summed E-state index contributed by atoms with van der Waals surface area (Å²) in [6.07, 6.45) is 5.90. The van der Waals surface area contributed by atoms with Crippen molar-refractivity contribution in [2.75, 3.05) is 26.2 Å². The van der Waals surface area contributed by atoms with E-state index in [-0.39, 0.29) is 47.9 Å². The highest BCUT2D eigenvalue weighted by Gasteiger charge is 2.26. The van der Waals surface area contributed by atoms with Crippen molar-refractivity contribution in [3.8, 4) is 0 Å². The molecule has 152 valence electrons. The van der Waals surface area contributed by atoms with Crippen molar-refractivity contribution in [3.63, 3.8) is 0 Å². The van der Waals surface area contributed by atoms with Gasteiger partial charge in [0.15, 0.2) is 0 Å². The minimum Gasteiger partial charge on any atom is -0.348 e. The van der Waals surface area contributed by atoms with Gasteiger partial charge in [0.05, 0.1) is 10.8 Å². The molecular formula is C18H28Cl2N4O2S. The third-order valence-electron chi connectivity index (χ3n) is 4.70. The molecule has 3 heterocycles. The molecule has 2 unspecified atom stereocenters. The van der Waals surface area contributed by atoms with Crippen LogP contribution in [-0.4, -0.2) is 59.2 Å². The van der Waals surface area contributed by atoms with E-state index < -0.39 is 0 Å². The summed E-state index contributed by atoms with van der Waals surface area (Å²) in [7, 11) is 0. The molecule has 0 saturated carbocycles. The van der Waals surface area contributed by atoms with Crippen molar-refractivity contribution >= 4 is 48.4 Å². The van der Waals surface area contributed by atoms with Crippen LogP contribution in [0.1, 0.15) is 43.0 Å². The fourth-order valence-electron chi connectivity index (χ4n) is 3.31. The van der Waals surface area contributed by atoms with Gasteiger partial charge in [0, 0.05) is 31.9 Å². The van der Waals surface area contributed by atoms with Gasteiger partial charge in [0.1, 0.15) is 5.03 Å². The number of hydrogen-bond acceptors (Lipinski definition) is 5. The maximum atomic E-state index is 12.7. The van der Waals surface area contributed by atoms with Crippen molar-refractivity contribution in [2.24, 2.45) is 0 Å². The smallest absolute Gasteiger partial charge is 0.254 e. The molecule has 2 aliphatic heterocycles. The van der Waals surface area contributed by atoms with Crippen LogP contribution in [0, 0.1) is 0 Å². The highest BCUT2D eigenvalue weighted by molar-refractivity contribution is 8.00. The SMILES string of the molecule is CC(Sc1ncccc1C(=O)NC1CCCNC1)C(=O)N1CCCC1.Cl.Cl. The monoisotopic (exact) mass is 434 g/mol. The van der Waals surface area contributed by atoms with Crippen molar-refractivity contribution in [3.05, 3.63) is 23.9 Å². The summed E-state index contributed by atoms with van der Waals surface area (Å²) < 4.78 is 0. The van der Waals surface area contributed by atoms with E-state index in [4.69, 9.17) is 0 Å². The first-order valence-corrected chi connectivity index (χ1v) is 9.95. The molecule has 9 heteroatoms. The number of amides is 2. The van der Waals surface area contributed by atoms with Gasteiger partial charge in [-0.15, -0.1) is 24.8 Å². The zero-order chi connectivity index (χ0) is 17.6. The molecule has 2 saturated heterocycles. The Morgan fingerprint density at radius 3 is 2.70 bits per heavy atom. The lowest BCUT2D eigenvalue weighted by Crippen LogP contribution is -2.45. The molecule has 0 radical (unpaired) electrons. The average Bonchev–Trinajstić information content (AvgIpc) is 3.17. The molecule has 0 spiro atoms. The lowest BCUT2D eigenvalue weighted by molar-refractivity contribution is -0.129. The van der Waals surface area contributed by atoms with Crippen LogP contribution in [0.2, 0.25) is 0 Å². The van der Waals surface area contributed by atoms with Gasteiger partial charge in [-0.1, -0.05) is 11.8 Å². The Kier molecular flexibility index (Phi) is 10.4. The maximum Gasteiger partial charge on any atom is 0.254 e. The molecule has 0 aliphatic carbocycles. The minimum absolute atomic E-state index is 0. The van der Waals surface area contributed by atoms with E-state index in [2.05, 4.69) is 15.6 Å². The van der Waals surface area contributed by atoms with E-state index >= 15 is 0 Å². The number of thioether (sulfide) groups is 1. The molecule has 0 aromatic carbocycles. The van der Waals surface area contributed by atoms with E-state index in [1.54, 1.807) is 18.3 Å². The van der Waals surface area contributed by atoms with E-state index in [9.17, 15) is 9.59 Å².